The van der Waals surface area contributed by atoms with Crippen molar-refractivity contribution < 1.29 is 9.59 Å². The predicted molar refractivity (Wildman–Crippen MR) is 55.9 cm³/mol. The van der Waals surface area contributed by atoms with Crippen LogP contribution in [0, 0.1) is 12.3 Å². The van der Waals surface area contributed by atoms with Gasteiger partial charge in [-0.2, -0.15) is 0 Å². The summed E-state index contributed by atoms with van der Waals surface area (Å²) in [5, 5.41) is 8.23. The van der Waals surface area contributed by atoms with E-state index in [-0.39, 0.29) is 30.4 Å². The van der Waals surface area contributed by atoms with Crippen LogP contribution >= 0.6 is 0 Å². The molecule has 2 unspecified atom stereocenters. The van der Waals surface area contributed by atoms with Gasteiger partial charge in [0.2, 0.25) is 11.8 Å². The van der Waals surface area contributed by atoms with Gasteiger partial charge in [-0.15, -0.1) is 12.3 Å². The summed E-state index contributed by atoms with van der Waals surface area (Å²) >= 11 is 0. The summed E-state index contributed by atoms with van der Waals surface area (Å²) in [4.78, 5) is 22.4. The Balaban J connectivity index is 2.34. The average Bonchev–Trinajstić information content (AvgIpc) is 2.18. The SMILES string of the molecule is C#CCC(C)NC(=O)C1CNC(=O)CN1. The minimum atomic E-state index is -0.358. The van der Waals surface area contributed by atoms with Crippen molar-refractivity contribution in [1.29, 1.82) is 0 Å². The molecule has 0 aromatic carbocycles. The van der Waals surface area contributed by atoms with E-state index >= 15 is 0 Å². The average molecular weight is 209 g/mol. The fraction of sp³-hybridized carbons (Fsp3) is 0.600. The molecule has 1 aliphatic rings. The van der Waals surface area contributed by atoms with Crippen LogP contribution in [0.3, 0.4) is 0 Å². The van der Waals surface area contributed by atoms with Crippen LogP contribution in [-0.4, -0.2) is 37.0 Å². The maximum atomic E-state index is 11.6. The summed E-state index contributed by atoms with van der Waals surface area (Å²) in [5.74, 6) is 2.26. The van der Waals surface area contributed by atoms with E-state index in [1.807, 2.05) is 6.92 Å². The molecule has 1 saturated heterocycles. The standard InChI is InChI=1S/C10H15N3O2/c1-3-4-7(2)13-10(15)8-5-12-9(14)6-11-8/h1,7-8,11H,4-6H2,2H3,(H,12,14)(H,13,15). The minimum absolute atomic E-state index is 0.0399. The third-order valence-corrected chi connectivity index (χ3v) is 2.14. The van der Waals surface area contributed by atoms with Crippen LogP contribution in [0.4, 0.5) is 0 Å². The van der Waals surface area contributed by atoms with Gasteiger partial charge < -0.3 is 10.6 Å². The topological polar surface area (TPSA) is 70.2 Å². The van der Waals surface area contributed by atoms with Gasteiger partial charge in [0.1, 0.15) is 6.04 Å². The number of carbonyl (C=O) groups excluding carboxylic acids is 2. The summed E-state index contributed by atoms with van der Waals surface area (Å²) in [7, 11) is 0. The number of amides is 2. The first-order valence-corrected chi connectivity index (χ1v) is 4.87. The second kappa shape index (κ2) is 5.37. The molecule has 0 aromatic rings. The molecule has 2 amide bonds. The van der Waals surface area contributed by atoms with Gasteiger partial charge in [0.05, 0.1) is 6.54 Å². The van der Waals surface area contributed by atoms with Crippen molar-refractivity contribution in [3.05, 3.63) is 0 Å². The van der Waals surface area contributed by atoms with Gasteiger partial charge in [0.15, 0.2) is 0 Å². The molecule has 0 aromatic heterocycles. The van der Waals surface area contributed by atoms with Crippen LogP contribution in [0.2, 0.25) is 0 Å². The van der Waals surface area contributed by atoms with Crippen molar-refractivity contribution in [2.75, 3.05) is 13.1 Å². The van der Waals surface area contributed by atoms with E-state index in [2.05, 4.69) is 21.9 Å². The van der Waals surface area contributed by atoms with Crippen LogP contribution in [-0.2, 0) is 9.59 Å². The van der Waals surface area contributed by atoms with Crippen molar-refractivity contribution in [3.8, 4) is 12.3 Å². The smallest absolute Gasteiger partial charge is 0.239 e. The van der Waals surface area contributed by atoms with E-state index in [1.165, 1.54) is 0 Å². The van der Waals surface area contributed by atoms with Crippen LogP contribution in [0.1, 0.15) is 13.3 Å². The first-order chi connectivity index (χ1) is 7.13. The second-order valence-corrected chi connectivity index (χ2v) is 3.56. The molecule has 82 valence electrons. The molecule has 0 bridgehead atoms. The number of terminal acetylenes is 1. The Labute approximate surface area is 89.0 Å². The minimum Gasteiger partial charge on any atom is -0.353 e. The molecule has 1 heterocycles. The Hall–Kier alpha value is -1.54. The highest BCUT2D eigenvalue weighted by atomic mass is 16.2. The van der Waals surface area contributed by atoms with Gasteiger partial charge >= 0.3 is 0 Å². The fourth-order valence-electron chi connectivity index (χ4n) is 1.32. The van der Waals surface area contributed by atoms with Crippen LogP contribution in [0.5, 0.6) is 0 Å². The van der Waals surface area contributed by atoms with E-state index in [0.717, 1.165) is 0 Å². The molecule has 15 heavy (non-hydrogen) atoms. The van der Waals surface area contributed by atoms with Gasteiger partial charge in [-0.25, -0.2) is 0 Å². The maximum Gasteiger partial charge on any atom is 0.239 e. The highest BCUT2D eigenvalue weighted by molar-refractivity contribution is 5.86. The molecular formula is C10H15N3O2. The van der Waals surface area contributed by atoms with Gasteiger partial charge in [-0.3, -0.25) is 14.9 Å². The lowest BCUT2D eigenvalue weighted by atomic mass is 10.2. The molecule has 2 atom stereocenters. The monoisotopic (exact) mass is 209 g/mol. The molecular weight excluding hydrogens is 194 g/mol. The Morgan fingerprint density at radius 2 is 2.53 bits per heavy atom. The Bertz CT molecular complexity index is 286. The normalized spacial score (nSPS) is 22.4. The Morgan fingerprint density at radius 3 is 3.07 bits per heavy atom. The number of piperazine rings is 1. The zero-order chi connectivity index (χ0) is 11.3. The fourth-order valence-corrected chi connectivity index (χ4v) is 1.32. The van der Waals surface area contributed by atoms with Gasteiger partial charge in [-0.05, 0) is 6.92 Å². The number of hydrogen-bond acceptors (Lipinski definition) is 3. The number of hydrogen-bond donors (Lipinski definition) is 3. The summed E-state index contributed by atoms with van der Waals surface area (Å²) in [5.41, 5.74) is 0. The van der Waals surface area contributed by atoms with Crippen molar-refractivity contribution in [2.45, 2.75) is 25.4 Å². The summed E-state index contributed by atoms with van der Waals surface area (Å²) in [6.45, 7) is 2.36. The third-order valence-electron chi connectivity index (χ3n) is 2.14. The number of carbonyl (C=O) groups is 2. The van der Waals surface area contributed by atoms with Gasteiger partial charge in [-0.1, -0.05) is 0 Å². The molecule has 5 nitrogen and oxygen atoms in total. The van der Waals surface area contributed by atoms with Crippen LogP contribution in [0.15, 0.2) is 0 Å². The van der Waals surface area contributed by atoms with Gasteiger partial charge in [0.25, 0.3) is 0 Å². The van der Waals surface area contributed by atoms with E-state index in [1.54, 1.807) is 0 Å². The van der Waals surface area contributed by atoms with E-state index in [9.17, 15) is 9.59 Å². The first kappa shape index (κ1) is 11.5. The van der Waals surface area contributed by atoms with E-state index < -0.39 is 0 Å². The lowest BCUT2D eigenvalue weighted by molar-refractivity contribution is -0.126. The molecule has 0 saturated carbocycles. The number of rotatable bonds is 3. The second-order valence-electron chi connectivity index (χ2n) is 3.56. The van der Waals surface area contributed by atoms with Crippen LogP contribution in [0.25, 0.3) is 0 Å². The number of nitrogens with one attached hydrogen (secondary N) is 3. The Kier molecular flexibility index (Phi) is 4.13. The van der Waals surface area contributed by atoms with E-state index in [0.29, 0.717) is 13.0 Å². The van der Waals surface area contributed by atoms with Gasteiger partial charge in [0, 0.05) is 19.0 Å². The molecule has 1 fully saturated rings. The van der Waals surface area contributed by atoms with Crippen molar-refractivity contribution in [1.82, 2.24) is 16.0 Å². The van der Waals surface area contributed by atoms with Crippen molar-refractivity contribution in [3.63, 3.8) is 0 Å². The molecule has 1 aliphatic heterocycles. The lowest BCUT2D eigenvalue weighted by Gasteiger charge is -2.24. The van der Waals surface area contributed by atoms with Crippen LogP contribution < -0.4 is 16.0 Å². The molecule has 0 aliphatic carbocycles. The summed E-state index contributed by atoms with van der Waals surface area (Å²) in [6, 6.07) is -0.398. The summed E-state index contributed by atoms with van der Waals surface area (Å²) < 4.78 is 0. The molecule has 5 heteroatoms. The quantitative estimate of drug-likeness (QED) is 0.501. The summed E-state index contributed by atoms with van der Waals surface area (Å²) in [6.07, 6.45) is 5.63. The highest BCUT2D eigenvalue weighted by Crippen LogP contribution is 1.93. The molecule has 3 N–H and O–H groups in total. The molecule has 0 radical (unpaired) electrons. The largest absolute Gasteiger partial charge is 0.353 e. The Morgan fingerprint density at radius 1 is 1.80 bits per heavy atom. The predicted octanol–water partition coefficient (Wildman–Crippen LogP) is -1.40. The molecule has 1 rings (SSSR count). The maximum absolute atomic E-state index is 11.6. The van der Waals surface area contributed by atoms with E-state index in [4.69, 9.17) is 6.42 Å². The zero-order valence-corrected chi connectivity index (χ0v) is 8.67. The third kappa shape index (κ3) is 3.60. The zero-order valence-electron chi connectivity index (χ0n) is 8.67. The highest BCUT2D eigenvalue weighted by Gasteiger charge is 2.24. The van der Waals surface area contributed by atoms with Crippen molar-refractivity contribution in [2.24, 2.45) is 0 Å². The molecule has 0 spiro atoms. The van der Waals surface area contributed by atoms with Crippen molar-refractivity contribution >= 4 is 11.8 Å². The lowest BCUT2D eigenvalue weighted by Crippen LogP contribution is -2.58. The first-order valence-electron chi connectivity index (χ1n) is 4.87.